The van der Waals surface area contributed by atoms with Crippen LogP contribution in [-0.4, -0.2) is 61.5 Å². The van der Waals surface area contributed by atoms with Gasteiger partial charge in [0.25, 0.3) is 0 Å². The second-order valence-corrected chi connectivity index (χ2v) is 9.98. The smallest absolute Gasteiger partial charge is 0.220 e. The molecule has 184 valence electrons. The number of nitrogens with one attached hydrogen (secondary N) is 2. The fraction of sp³-hybridized carbons (Fsp3) is 0.481. The lowest BCUT2D eigenvalue weighted by molar-refractivity contribution is -0.119. The molecule has 2 aliphatic heterocycles. The van der Waals surface area contributed by atoms with Crippen molar-refractivity contribution < 1.29 is 14.3 Å². The van der Waals surface area contributed by atoms with Crippen molar-refractivity contribution in [3.63, 3.8) is 0 Å². The molecule has 1 saturated carbocycles. The maximum Gasteiger partial charge on any atom is 0.220 e. The van der Waals surface area contributed by atoms with Crippen LogP contribution in [-0.2, 0) is 4.79 Å². The predicted octanol–water partition coefficient (Wildman–Crippen LogP) is 3.20. The monoisotopic (exact) mass is 475 g/mol. The third-order valence-corrected chi connectivity index (χ3v) is 7.58. The fourth-order valence-electron chi connectivity index (χ4n) is 5.33. The van der Waals surface area contributed by atoms with Crippen LogP contribution in [0.4, 0.5) is 5.69 Å². The minimum Gasteiger partial charge on any atom is -0.495 e. The number of ether oxygens (including phenoxy) is 2. The molecule has 1 aromatic carbocycles. The van der Waals surface area contributed by atoms with Gasteiger partial charge in [-0.15, -0.1) is 0 Å². The van der Waals surface area contributed by atoms with Crippen LogP contribution in [0.15, 0.2) is 36.7 Å². The molecule has 3 aromatic rings. The number of nitrogens with zero attached hydrogens (tertiary/aromatic N) is 3. The average Bonchev–Trinajstić information content (AvgIpc) is 3.49. The number of carbonyl (C=O) groups is 1. The minimum atomic E-state index is -0.0837. The Bertz CT molecular complexity index is 1250. The maximum atomic E-state index is 11.8. The highest BCUT2D eigenvalue weighted by Gasteiger charge is 2.31. The predicted molar refractivity (Wildman–Crippen MR) is 135 cm³/mol. The Balaban J connectivity index is 1.38. The standard InChI is InChI=1S/C27H33N5O3/c1-17(20-13-26(33)29-14-20)35-25-12-21(16-32-27(25)22(15-30-32)18-3-4-18)19-5-6-23(24(11-19)34-2)31-9-7-28-8-10-31/h5-6,11-12,15-18,20,28H,3-4,7-10,13-14H2,1-2H3,(H,29,33). The molecule has 3 aliphatic rings. The van der Waals surface area contributed by atoms with Crippen molar-refractivity contribution in [1.29, 1.82) is 0 Å². The lowest BCUT2D eigenvalue weighted by atomic mass is 10.0. The van der Waals surface area contributed by atoms with Crippen LogP contribution >= 0.6 is 0 Å². The van der Waals surface area contributed by atoms with Crippen molar-refractivity contribution in [3.05, 3.63) is 42.2 Å². The van der Waals surface area contributed by atoms with Gasteiger partial charge in [0.15, 0.2) is 0 Å². The second-order valence-electron chi connectivity index (χ2n) is 9.98. The van der Waals surface area contributed by atoms with Crippen LogP contribution in [0.1, 0.15) is 37.7 Å². The lowest BCUT2D eigenvalue weighted by Gasteiger charge is -2.30. The highest BCUT2D eigenvalue weighted by molar-refractivity contribution is 5.79. The molecule has 35 heavy (non-hydrogen) atoms. The zero-order chi connectivity index (χ0) is 23.9. The van der Waals surface area contributed by atoms with Gasteiger partial charge in [-0.05, 0) is 49.4 Å². The van der Waals surface area contributed by atoms with Gasteiger partial charge in [-0.1, -0.05) is 6.07 Å². The Kier molecular flexibility index (Phi) is 5.76. The first kappa shape index (κ1) is 22.2. The largest absolute Gasteiger partial charge is 0.495 e. The minimum absolute atomic E-state index is 0.0837. The summed E-state index contributed by atoms with van der Waals surface area (Å²) in [5.74, 6) is 2.53. The Morgan fingerprint density at radius 3 is 2.63 bits per heavy atom. The molecule has 4 heterocycles. The molecule has 6 rings (SSSR count). The van der Waals surface area contributed by atoms with E-state index in [9.17, 15) is 4.79 Å². The molecule has 0 bridgehead atoms. The number of fused-ring (bicyclic) bond motifs is 1. The van der Waals surface area contributed by atoms with Gasteiger partial charge in [0.05, 0.1) is 19.0 Å². The van der Waals surface area contributed by atoms with E-state index in [1.54, 1.807) is 7.11 Å². The van der Waals surface area contributed by atoms with Crippen LogP contribution < -0.4 is 25.0 Å². The molecular weight excluding hydrogens is 442 g/mol. The van der Waals surface area contributed by atoms with Gasteiger partial charge in [-0.25, -0.2) is 4.52 Å². The summed E-state index contributed by atoms with van der Waals surface area (Å²) in [6.07, 6.45) is 6.89. The molecule has 3 fully saturated rings. The van der Waals surface area contributed by atoms with Crippen molar-refractivity contribution in [2.75, 3.05) is 44.7 Å². The van der Waals surface area contributed by atoms with E-state index in [0.29, 0.717) is 18.9 Å². The van der Waals surface area contributed by atoms with E-state index in [1.165, 1.54) is 18.4 Å². The van der Waals surface area contributed by atoms with E-state index in [2.05, 4.69) is 52.9 Å². The first-order valence-electron chi connectivity index (χ1n) is 12.7. The number of pyridine rings is 1. The summed E-state index contributed by atoms with van der Waals surface area (Å²) >= 11 is 0. The fourth-order valence-corrected chi connectivity index (χ4v) is 5.33. The number of piperazine rings is 1. The lowest BCUT2D eigenvalue weighted by Crippen LogP contribution is -2.43. The third-order valence-electron chi connectivity index (χ3n) is 7.58. The molecule has 8 heteroatoms. The van der Waals surface area contributed by atoms with Crippen molar-refractivity contribution in [2.24, 2.45) is 5.92 Å². The summed E-state index contributed by atoms with van der Waals surface area (Å²) in [5.41, 5.74) is 5.51. The van der Waals surface area contributed by atoms with Gasteiger partial charge in [0, 0.05) is 62.4 Å². The van der Waals surface area contributed by atoms with E-state index in [-0.39, 0.29) is 17.9 Å². The summed E-state index contributed by atoms with van der Waals surface area (Å²) in [7, 11) is 1.73. The molecule has 2 atom stereocenters. The third kappa shape index (κ3) is 4.31. The number of carbonyl (C=O) groups excluding carboxylic acids is 1. The topological polar surface area (TPSA) is 80.1 Å². The highest BCUT2D eigenvalue weighted by Crippen LogP contribution is 2.45. The van der Waals surface area contributed by atoms with Crippen LogP contribution in [0.2, 0.25) is 0 Å². The second kappa shape index (κ2) is 9.07. The summed E-state index contributed by atoms with van der Waals surface area (Å²) in [6.45, 7) is 6.61. The van der Waals surface area contributed by atoms with E-state index < -0.39 is 0 Å². The first-order chi connectivity index (χ1) is 17.1. The highest BCUT2D eigenvalue weighted by atomic mass is 16.5. The Morgan fingerprint density at radius 1 is 1.11 bits per heavy atom. The molecule has 2 saturated heterocycles. The number of aromatic nitrogens is 2. The van der Waals surface area contributed by atoms with Gasteiger partial charge in [-0.2, -0.15) is 5.10 Å². The summed E-state index contributed by atoms with van der Waals surface area (Å²) in [5, 5.41) is 11.0. The van der Waals surface area contributed by atoms with E-state index >= 15 is 0 Å². The van der Waals surface area contributed by atoms with Gasteiger partial charge in [0.1, 0.15) is 23.1 Å². The molecule has 2 N–H and O–H groups in total. The van der Waals surface area contributed by atoms with Crippen molar-refractivity contribution in [2.45, 2.75) is 38.2 Å². The number of hydrogen-bond donors (Lipinski definition) is 2. The quantitative estimate of drug-likeness (QED) is 0.546. The van der Waals surface area contributed by atoms with Crippen molar-refractivity contribution >= 4 is 17.1 Å². The Hall–Kier alpha value is -3.26. The summed E-state index contributed by atoms with van der Waals surface area (Å²) in [4.78, 5) is 14.1. The summed E-state index contributed by atoms with van der Waals surface area (Å²) in [6, 6.07) is 8.54. The normalized spacial score (nSPS) is 21.3. The molecule has 0 spiro atoms. The molecule has 0 radical (unpaired) electrons. The SMILES string of the molecule is COc1cc(-c2cc(OC(C)C3CNC(=O)C3)c3c(C4CC4)cnn3c2)ccc1N1CCNCC1. The number of anilines is 1. The summed E-state index contributed by atoms with van der Waals surface area (Å²) < 4.78 is 14.3. The number of amides is 1. The molecule has 2 aromatic heterocycles. The molecule has 1 aliphatic carbocycles. The van der Waals surface area contributed by atoms with Crippen LogP contribution in [0, 0.1) is 5.92 Å². The number of hydrogen-bond acceptors (Lipinski definition) is 6. The van der Waals surface area contributed by atoms with Crippen molar-refractivity contribution in [3.8, 4) is 22.6 Å². The number of rotatable bonds is 7. The van der Waals surface area contributed by atoms with Gasteiger partial charge >= 0.3 is 0 Å². The molecular formula is C27H33N5O3. The van der Waals surface area contributed by atoms with E-state index in [4.69, 9.17) is 14.6 Å². The average molecular weight is 476 g/mol. The van der Waals surface area contributed by atoms with Crippen LogP contribution in [0.25, 0.3) is 16.6 Å². The number of benzene rings is 1. The zero-order valence-corrected chi connectivity index (χ0v) is 20.4. The zero-order valence-electron chi connectivity index (χ0n) is 20.4. The maximum absolute atomic E-state index is 11.8. The molecule has 1 amide bonds. The van der Waals surface area contributed by atoms with Gasteiger partial charge < -0.3 is 25.0 Å². The van der Waals surface area contributed by atoms with Gasteiger partial charge in [-0.3, -0.25) is 4.79 Å². The number of methoxy groups -OCH3 is 1. The van der Waals surface area contributed by atoms with Gasteiger partial charge in [0.2, 0.25) is 5.91 Å². The molecule has 2 unspecified atom stereocenters. The Labute approximate surface area is 205 Å². The van der Waals surface area contributed by atoms with E-state index in [1.807, 2.05) is 10.7 Å². The van der Waals surface area contributed by atoms with Crippen LogP contribution in [0.3, 0.4) is 0 Å². The molecule has 8 nitrogen and oxygen atoms in total. The van der Waals surface area contributed by atoms with Crippen molar-refractivity contribution in [1.82, 2.24) is 20.2 Å². The first-order valence-corrected chi connectivity index (χ1v) is 12.7. The van der Waals surface area contributed by atoms with Crippen LogP contribution in [0.5, 0.6) is 11.5 Å². The Morgan fingerprint density at radius 2 is 1.91 bits per heavy atom. The van der Waals surface area contributed by atoms with E-state index in [0.717, 1.165) is 60.0 Å².